The molecule has 0 radical (unpaired) electrons. The molecule has 9 rings (SSSR count). The molecule has 8 unspecified atom stereocenters. The summed E-state index contributed by atoms with van der Waals surface area (Å²) < 4.78 is 32.4. The predicted molar refractivity (Wildman–Crippen MR) is 243 cm³/mol. The molecule has 9 fully saturated rings. The van der Waals surface area contributed by atoms with Crippen molar-refractivity contribution >= 4 is 35.8 Å². The van der Waals surface area contributed by atoms with Crippen LogP contribution in [0.4, 0.5) is 0 Å². The van der Waals surface area contributed by atoms with Crippen LogP contribution in [0, 0.1) is 57.2 Å². The second-order valence-corrected chi connectivity index (χ2v) is 24.1. The number of aliphatic hydroxyl groups is 1. The van der Waals surface area contributed by atoms with Gasteiger partial charge >= 0.3 is 35.8 Å². The fraction of sp³-hybridized carbons (Fsp3) is 0.885. The SMILES string of the molecule is CCC(C)(C)C(=O)OC(C)(C)C1CC1.CCC(C)(C)C(=O)OC12CC3CC(CC(O)(C3)C1)C2.CCC(C)(C)C(=O)OC1C2CC3C(=O)OC1C3C2.CCC(C)(C)C(=O)OC1CCOC1=O. The third kappa shape index (κ3) is 12.1. The number of rotatable bonds is 13. The highest BCUT2D eigenvalue weighted by Gasteiger charge is 2.64. The van der Waals surface area contributed by atoms with E-state index in [-0.39, 0.29) is 64.6 Å². The Morgan fingerprint density at radius 1 is 0.646 bits per heavy atom. The van der Waals surface area contributed by atoms with Crippen LogP contribution in [-0.2, 0) is 57.2 Å². The highest BCUT2D eigenvalue weighted by molar-refractivity contribution is 5.83. The van der Waals surface area contributed by atoms with Crippen molar-refractivity contribution in [3.8, 4) is 0 Å². The average molecular weight is 917 g/mol. The number of hydrogen-bond acceptors (Lipinski definition) is 13. The smallest absolute Gasteiger partial charge is 0.347 e. The minimum absolute atomic E-state index is 0.0584. The summed E-state index contributed by atoms with van der Waals surface area (Å²) in [6, 6.07) is 0. The molecule has 65 heavy (non-hydrogen) atoms. The first kappa shape index (κ1) is 52.7. The van der Waals surface area contributed by atoms with E-state index in [1.165, 1.54) is 19.3 Å². The molecule has 13 nitrogen and oxygen atoms in total. The van der Waals surface area contributed by atoms with Crippen molar-refractivity contribution in [1.82, 2.24) is 0 Å². The Balaban J connectivity index is 0.000000165. The second kappa shape index (κ2) is 19.4. The molecule has 7 saturated carbocycles. The van der Waals surface area contributed by atoms with Crippen LogP contribution in [0.5, 0.6) is 0 Å². The maximum atomic E-state index is 12.4. The van der Waals surface area contributed by atoms with Gasteiger partial charge in [-0.3, -0.25) is 24.0 Å². The third-order valence-electron chi connectivity index (χ3n) is 16.7. The Morgan fingerprint density at radius 2 is 1.15 bits per heavy atom. The van der Waals surface area contributed by atoms with Crippen LogP contribution in [0.25, 0.3) is 0 Å². The number of carbonyl (C=O) groups excluding carboxylic acids is 6. The van der Waals surface area contributed by atoms with E-state index in [1.54, 1.807) is 13.8 Å². The number of hydrogen-bond donors (Lipinski definition) is 1. The van der Waals surface area contributed by atoms with Crippen LogP contribution in [0.1, 0.15) is 193 Å². The zero-order chi connectivity index (χ0) is 48.7. The van der Waals surface area contributed by atoms with Gasteiger partial charge < -0.3 is 33.5 Å². The highest BCUT2D eigenvalue weighted by atomic mass is 16.6. The fourth-order valence-corrected chi connectivity index (χ4v) is 10.6. The lowest BCUT2D eigenvalue weighted by Gasteiger charge is -2.59. The molecule has 6 bridgehead atoms. The summed E-state index contributed by atoms with van der Waals surface area (Å²) >= 11 is 0. The van der Waals surface area contributed by atoms with Gasteiger partial charge in [0, 0.05) is 24.7 Å². The summed E-state index contributed by atoms with van der Waals surface area (Å²) in [6.07, 6.45) is 12.4. The molecule has 0 spiro atoms. The van der Waals surface area contributed by atoms with Crippen LogP contribution < -0.4 is 0 Å². The molecule has 0 amide bonds. The first-order chi connectivity index (χ1) is 30.0. The van der Waals surface area contributed by atoms with Gasteiger partial charge in [-0.2, -0.15) is 0 Å². The van der Waals surface area contributed by atoms with Gasteiger partial charge in [-0.05, 0) is 170 Å². The maximum absolute atomic E-state index is 12.4. The minimum Gasteiger partial charge on any atom is -0.463 e. The Morgan fingerprint density at radius 3 is 1.63 bits per heavy atom. The van der Waals surface area contributed by atoms with Crippen LogP contribution in [0.15, 0.2) is 0 Å². The molecule has 8 atom stereocenters. The normalized spacial score (nSPS) is 33.0. The second-order valence-electron chi connectivity index (χ2n) is 24.1. The van der Waals surface area contributed by atoms with Crippen LogP contribution in [-0.4, -0.2) is 82.6 Å². The zero-order valence-corrected chi connectivity index (χ0v) is 42.4. The summed E-state index contributed by atoms with van der Waals surface area (Å²) in [6.45, 7) is 27.5. The molecule has 2 aliphatic heterocycles. The summed E-state index contributed by atoms with van der Waals surface area (Å²) in [5, 5.41) is 10.6. The summed E-state index contributed by atoms with van der Waals surface area (Å²) in [5.74, 6) is 1.26. The molecule has 0 aromatic carbocycles. The molecule has 1 N–H and O–H groups in total. The van der Waals surface area contributed by atoms with E-state index in [4.69, 9.17) is 28.4 Å². The van der Waals surface area contributed by atoms with Gasteiger partial charge in [0.05, 0.1) is 39.8 Å². The lowest BCUT2D eigenvalue weighted by molar-refractivity contribution is -0.225. The lowest BCUT2D eigenvalue weighted by Crippen LogP contribution is -2.61. The average Bonchev–Trinajstić information content (AvgIpc) is 3.69. The molecule has 9 aliphatic rings. The van der Waals surface area contributed by atoms with E-state index in [1.807, 2.05) is 83.1 Å². The summed E-state index contributed by atoms with van der Waals surface area (Å²) in [4.78, 5) is 70.5. The first-order valence-electron chi connectivity index (χ1n) is 24.9. The van der Waals surface area contributed by atoms with Crippen LogP contribution in [0.2, 0.25) is 0 Å². The number of esters is 6. The largest absolute Gasteiger partial charge is 0.463 e. The van der Waals surface area contributed by atoms with Gasteiger partial charge in [0.15, 0.2) is 0 Å². The molecule has 7 aliphatic carbocycles. The molecule has 0 aromatic rings. The lowest BCUT2D eigenvalue weighted by atomic mass is 9.52. The Kier molecular flexibility index (Phi) is 15.8. The van der Waals surface area contributed by atoms with Gasteiger partial charge in [0.1, 0.15) is 23.4 Å². The molecule has 13 heteroatoms. The van der Waals surface area contributed by atoms with Gasteiger partial charge in [-0.1, -0.05) is 27.7 Å². The first-order valence-corrected chi connectivity index (χ1v) is 24.9. The predicted octanol–water partition coefficient (Wildman–Crippen LogP) is 9.40. The molecule has 370 valence electrons. The molecular weight excluding hydrogens is 833 g/mol. The Bertz CT molecular complexity index is 1760. The summed E-state index contributed by atoms with van der Waals surface area (Å²) in [5.41, 5.74) is -2.91. The van der Waals surface area contributed by atoms with E-state index in [9.17, 15) is 33.9 Å². The van der Waals surface area contributed by atoms with Crippen molar-refractivity contribution in [2.75, 3.05) is 6.61 Å². The monoisotopic (exact) mass is 917 g/mol. The minimum atomic E-state index is -0.687. The maximum Gasteiger partial charge on any atom is 0.347 e. The van der Waals surface area contributed by atoms with E-state index in [2.05, 4.69) is 0 Å². The number of fused-ring (bicyclic) bond motifs is 1. The number of cyclic esters (lactones) is 1. The topological polar surface area (TPSA) is 178 Å². The van der Waals surface area contributed by atoms with E-state index in [0.29, 0.717) is 55.5 Å². The van der Waals surface area contributed by atoms with Crippen molar-refractivity contribution in [2.24, 2.45) is 57.2 Å². The van der Waals surface area contributed by atoms with E-state index >= 15 is 0 Å². The van der Waals surface area contributed by atoms with Crippen LogP contribution in [0.3, 0.4) is 0 Å². The van der Waals surface area contributed by atoms with Gasteiger partial charge in [-0.25, -0.2) is 4.79 Å². The van der Waals surface area contributed by atoms with Crippen LogP contribution >= 0.6 is 0 Å². The Hall–Kier alpha value is -3.22. The standard InChI is InChI=1S/C16H26O3.C14H20O4.C12H22O2.C10H16O4/c1-4-14(2,3)13(17)19-16-8-11-5-12(9-16)7-15(18,6-11)10-16;1-4-14(2,3)13(16)18-10-7-5-8-9(6-7)12(15)17-11(8)10;1-6-11(2,3)10(13)14-12(4,5)9-7-8-9;1-4-10(2,3)9(12)14-7-5-6-13-8(7)11/h11-12,18H,4-10H2,1-3H3;7-11H,4-6H2,1-3H3;9H,6-8H2,1-5H3;7H,4-6H2,1-3H3. The van der Waals surface area contributed by atoms with Crippen molar-refractivity contribution in [3.63, 3.8) is 0 Å². The molecule has 2 heterocycles. The van der Waals surface area contributed by atoms with Crippen molar-refractivity contribution in [3.05, 3.63) is 0 Å². The van der Waals surface area contributed by atoms with Crippen molar-refractivity contribution in [2.45, 2.75) is 228 Å². The summed E-state index contributed by atoms with van der Waals surface area (Å²) in [7, 11) is 0. The highest BCUT2D eigenvalue weighted by Crippen LogP contribution is 2.59. The molecule has 0 aromatic heterocycles. The molecular formula is C52H84O13. The molecule has 2 saturated heterocycles. The van der Waals surface area contributed by atoms with Gasteiger partial charge in [-0.15, -0.1) is 0 Å². The van der Waals surface area contributed by atoms with Gasteiger partial charge in [0.25, 0.3) is 0 Å². The Labute approximate surface area is 389 Å². The van der Waals surface area contributed by atoms with Crippen molar-refractivity contribution in [1.29, 1.82) is 0 Å². The zero-order valence-electron chi connectivity index (χ0n) is 42.4. The third-order valence-corrected chi connectivity index (χ3v) is 16.7. The quantitative estimate of drug-likeness (QED) is 0.137. The fourth-order valence-electron chi connectivity index (χ4n) is 10.6. The van der Waals surface area contributed by atoms with Crippen molar-refractivity contribution < 1.29 is 62.3 Å². The number of ether oxygens (including phenoxy) is 6. The number of carbonyl (C=O) groups is 6. The van der Waals surface area contributed by atoms with E-state index < -0.39 is 33.9 Å². The van der Waals surface area contributed by atoms with Gasteiger partial charge in [0.2, 0.25) is 6.10 Å². The van der Waals surface area contributed by atoms with E-state index in [0.717, 1.165) is 57.8 Å².